The van der Waals surface area contributed by atoms with E-state index in [-0.39, 0.29) is 36.6 Å². The average molecular weight is 507 g/mol. The molecule has 198 valence electrons. The van der Waals surface area contributed by atoms with Gasteiger partial charge >= 0.3 is 6.09 Å². The Bertz CT molecular complexity index is 1100. The summed E-state index contributed by atoms with van der Waals surface area (Å²) >= 11 is 0. The number of carbonyl (C=O) groups is 2. The fourth-order valence-corrected chi connectivity index (χ4v) is 5.45. The highest BCUT2D eigenvalue weighted by Crippen LogP contribution is 2.51. The summed E-state index contributed by atoms with van der Waals surface area (Å²) in [5.74, 6) is 0.815. The minimum absolute atomic E-state index is 0.00866. The van der Waals surface area contributed by atoms with Gasteiger partial charge in [-0.25, -0.2) is 4.79 Å². The highest BCUT2D eigenvalue weighted by Gasteiger charge is 2.47. The molecule has 2 aromatic carbocycles. The van der Waals surface area contributed by atoms with Gasteiger partial charge in [0, 0.05) is 36.8 Å². The van der Waals surface area contributed by atoms with Crippen molar-refractivity contribution in [3.05, 3.63) is 71.8 Å². The summed E-state index contributed by atoms with van der Waals surface area (Å²) in [6, 6.07) is 13.6. The number of likely N-dealkylation sites (N-methyl/N-ethyl adjacent to an activating group) is 1. The molecule has 2 N–H and O–H groups in total. The van der Waals surface area contributed by atoms with Crippen molar-refractivity contribution in [1.29, 1.82) is 0 Å². The average Bonchev–Trinajstić information content (AvgIpc) is 3.39. The number of nitrogens with zero attached hydrogens (tertiary/aromatic N) is 2. The summed E-state index contributed by atoms with van der Waals surface area (Å²) in [5, 5.41) is 6.73. The van der Waals surface area contributed by atoms with Crippen molar-refractivity contribution >= 4 is 17.7 Å². The number of amides is 2. The van der Waals surface area contributed by atoms with Crippen LogP contribution in [0.5, 0.6) is 5.75 Å². The number of hydrogen-bond donors (Lipinski definition) is 2. The first-order valence-electron chi connectivity index (χ1n) is 13.1. The van der Waals surface area contributed by atoms with Gasteiger partial charge in [0.15, 0.2) is 0 Å². The first-order chi connectivity index (χ1) is 18.0. The van der Waals surface area contributed by atoms with E-state index in [2.05, 4.69) is 48.1 Å². The highest BCUT2D eigenvalue weighted by molar-refractivity contribution is 5.95. The molecule has 0 aromatic heterocycles. The number of anilines is 1. The van der Waals surface area contributed by atoms with E-state index in [0.717, 1.165) is 48.6 Å². The van der Waals surface area contributed by atoms with Crippen molar-refractivity contribution in [3.8, 4) is 5.75 Å². The van der Waals surface area contributed by atoms with Crippen LogP contribution in [0.2, 0.25) is 0 Å². The third-order valence-corrected chi connectivity index (χ3v) is 7.46. The Morgan fingerprint density at radius 1 is 1.19 bits per heavy atom. The molecule has 1 fully saturated rings. The maximum absolute atomic E-state index is 13.0. The van der Waals surface area contributed by atoms with Gasteiger partial charge in [-0.05, 0) is 61.0 Å². The van der Waals surface area contributed by atoms with E-state index in [0.29, 0.717) is 18.7 Å². The molecule has 0 bridgehead atoms. The second-order valence-electron chi connectivity index (χ2n) is 9.44. The van der Waals surface area contributed by atoms with E-state index < -0.39 is 0 Å². The molecule has 2 aliphatic heterocycles. The van der Waals surface area contributed by atoms with Crippen molar-refractivity contribution in [1.82, 2.24) is 15.1 Å². The van der Waals surface area contributed by atoms with Crippen LogP contribution in [0.3, 0.4) is 0 Å². The zero-order chi connectivity index (χ0) is 26.4. The summed E-state index contributed by atoms with van der Waals surface area (Å²) in [6.07, 6.45) is 2.03. The van der Waals surface area contributed by atoms with Gasteiger partial charge < -0.3 is 29.9 Å². The molecule has 2 aliphatic rings. The minimum Gasteiger partial charge on any atom is -0.497 e. The second-order valence-corrected chi connectivity index (χ2v) is 9.44. The smallest absolute Gasteiger partial charge is 0.410 e. The molecule has 8 nitrogen and oxygen atoms in total. The SMILES string of the molecule is C=CCOC(=O)N1CCC2C(c3ccc(OC)cc3)Nc3ccc(C(=O)NCCN(CC)CC)cc3C21. The van der Waals surface area contributed by atoms with Gasteiger partial charge in [-0.15, -0.1) is 0 Å². The lowest BCUT2D eigenvalue weighted by atomic mass is 9.79. The van der Waals surface area contributed by atoms with E-state index in [1.54, 1.807) is 18.1 Å². The van der Waals surface area contributed by atoms with Crippen LogP contribution in [-0.4, -0.2) is 68.2 Å². The molecule has 3 unspecified atom stereocenters. The van der Waals surface area contributed by atoms with E-state index in [4.69, 9.17) is 9.47 Å². The molecule has 0 spiro atoms. The minimum atomic E-state index is -0.359. The van der Waals surface area contributed by atoms with Crippen LogP contribution in [0.25, 0.3) is 0 Å². The maximum atomic E-state index is 13.0. The van der Waals surface area contributed by atoms with Crippen LogP contribution in [0.1, 0.15) is 53.8 Å². The number of carbonyl (C=O) groups excluding carboxylic acids is 2. The number of nitrogens with one attached hydrogen (secondary N) is 2. The molecule has 37 heavy (non-hydrogen) atoms. The lowest BCUT2D eigenvalue weighted by Gasteiger charge is -2.40. The number of fused-ring (bicyclic) bond motifs is 3. The molecule has 3 atom stereocenters. The molecular formula is C29H38N4O4. The number of benzene rings is 2. The molecule has 0 saturated carbocycles. The molecule has 4 rings (SSSR count). The standard InChI is InChI=1S/C29H38N4O4/c1-5-18-37-29(35)33-16-14-23-26(20-8-11-22(36-4)12-9-20)31-25-13-10-21(19-24(25)27(23)33)28(34)30-15-17-32(6-2)7-3/h5,8-13,19,23,26-27,31H,1,6-7,14-18H2,2-4H3,(H,30,34). The second kappa shape index (κ2) is 12.1. The van der Waals surface area contributed by atoms with E-state index in [1.807, 2.05) is 30.3 Å². The molecule has 2 aromatic rings. The van der Waals surface area contributed by atoms with Gasteiger partial charge in [-0.3, -0.25) is 4.79 Å². The number of methoxy groups -OCH3 is 1. The normalized spacial score (nSPS) is 20.0. The largest absolute Gasteiger partial charge is 0.497 e. The molecule has 2 heterocycles. The fraction of sp³-hybridized carbons (Fsp3) is 0.448. The number of hydrogen-bond acceptors (Lipinski definition) is 6. The highest BCUT2D eigenvalue weighted by atomic mass is 16.6. The van der Waals surface area contributed by atoms with E-state index >= 15 is 0 Å². The van der Waals surface area contributed by atoms with Crippen molar-refractivity contribution in [3.63, 3.8) is 0 Å². The molecule has 2 amide bonds. The Morgan fingerprint density at radius 2 is 1.95 bits per heavy atom. The van der Waals surface area contributed by atoms with Crippen LogP contribution >= 0.6 is 0 Å². The Kier molecular flexibility index (Phi) is 8.71. The van der Waals surface area contributed by atoms with Gasteiger partial charge in [0.2, 0.25) is 0 Å². The molecule has 0 radical (unpaired) electrons. The fourth-order valence-electron chi connectivity index (χ4n) is 5.45. The van der Waals surface area contributed by atoms with Crippen LogP contribution in [0, 0.1) is 5.92 Å². The van der Waals surface area contributed by atoms with Gasteiger partial charge in [0.1, 0.15) is 12.4 Å². The quantitative estimate of drug-likeness (QED) is 0.458. The molecule has 0 aliphatic carbocycles. The summed E-state index contributed by atoms with van der Waals surface area (Å²) in [7, 11) is 1.65. The predicted molar refractivity (Wildman–Crippen MR) is 145 cm³/mol. The van der Waals surface area contributed by atoms with Gasteiger partial charge in [0.25, 0.3) is 5.91 Å². The van der Waals surface area contributed by atoms with Gasteiger partial charge in [-0.1, -0.05) is 38.6 Å². The summed E-state index contributed by atoms with van der Waals surface area (Å²) in [5.41, 5.74) is 3.58. The lowest BCUT2D eigenvalue weighted by Crippen LogP contribution is -2.38. The molecule has 1 saturated heterocycles. The molecule has 8 heteroatoms. The number of rotatable bonds is 10. The van der Waals surface area contributed by atoms with Crippen LogP contribution < -0.4 is 15.4 Å². The molecular weight excluding hydrogens is 468 g/mol. The Labute approximate surface area is 219 Å². The van der Waals surface area contributed by atoms with Gasteiger partial charge in [0.05, 0.1) is 19.2 Å². The van der Waals surface area contributed by atoms with Crippen molar-refractivity contribution < 1.29 is 19.1 Å². The zero-order valence-electron chi connectivity index (χ0n) is 22.0. The maximum Gasteiger partial charge on any atom is 0.410 e. The first-order valence-corrected chi connectivity index (χ1v) is 13.1. The van der Waals surface area contributed by atoms with Gasteiger partial charge in [-0.2, -0.15) is 0 Å². The monoisotopic (exact) mass is 506 g/mol. The zero-order valence-corrected chi connectivity index (χ0v) is 22.0. The van der Waals surface area contributed by atoms with Crippen molar-refractivity contribution in [2.75, 3.05) is 51.8 Å². The third kappa shape index (κ3) is 5.74. The summed E-state index contributed by atoms with van der Waals surface area (Å²) in [6.45, 7) is 11.9. The van der Waals surface area contributed by atoms with Crippen LogP contribution in [0.15, 0.2) is 55.1 Å². The van der Waals surface area contributed by atoms with Crippen molar-refractivity contribution in [2.45, 2.75) is 32.4 Å². The summed E-state index contributed by atoms with van der Waals surface area (Å²) in [4.78, 5) is 30.1. The van der Waals surface area contributed by atoms with Crippen LogP contribution in [0.4, 0.5) is 10.5 Å². The third-order valence-electron chi connectivity index (χ3n) is 7.46. The lowest BCUT2D eigenvalue weighted by molar-refractivity contribution is 0.0948. The van der Waals surface area contributed by atoms with E-state index in [1.165, 1.54) is 0 Å². The van der Waals surface area contributed by atoms with Crippen LogP contribution in [-0.2, 0) is 4.74 Å². The topological polar surface area (TPSA) is 83.1 Å². The predicted octanol–water partition coefficient (Wildman–Crippen LogP) is 4.62. The Morgan fingerprint density at radius 3 is 2.62 bits per heavy atom. The number of likely N-dealkylation sites (tertiary alicyclic amines) is 1. The van der Waals surface area contributed by atoms with E-state index in [9.17, 15) is 9.59 Å². The Hall–Kier alpha value is -3.52. The van der Waals surface area contributed by atoms with Crippen molar-refractivity contribution in [2.24, 2.45) is 5.92 Å². The summed E-state index contributed by atoms with van der Waals surface area (Å²) < 4.78 is 10.8. The number of ether oxygens (including phenoxy) is 2. The first kappa shape index (κ1) is 26.5. The Balaban J connectivity index is 1.62.